The Balaban J connectivity index is 4.09. The van der Waals surface area contributed by atoms with Gasteiger partial charge < -0.3 is 0 Å². The summed E-state index contributed by atoms with van der Waals surface area (Å²) in [5.74, 6) is 0. The van der Waals surface area contributed by atoms with Crippen LogP contribution in [0.5, 0.6) is 0 Å². The van der Waals surface area contributed by atoms with Gasteiger partial charge >= 0.3 is 0 Å². The standard InChI is InChI=1S/C10H15N/c1-6-8(2)7-9(3)10(4)11-5/h6H,1-3,7H2,4-5H3/b11-10-. The van der Waals surface area contributed by atoms with E-state index < -0.39 is 0 Å². The molecule has 1 nitrogen and oxygen atoms in total. The van der Waals surface area contributed by atoms with Crippen molar-refractivity contribution in [3.63, 3.8) is 0 Å². The van der Waals surface area contributed by atoms with Gasteiger partial charge in [0, 0.05) is 12.8 Å². The zero-order chi connectivity index (χ0) is 8.85. The van der Waals surface area contributed by atoms with Crippen LogP contribution in [0.15, 0.2) is 42.0 Å². The third kappa shape index (κ3) is 3.56. The molecule has 0 N–H and O–H groups in total. The highest BCUT2D eigenvalue weighted by Gasteiger charge is 1.97. The lowest BCUT2D eigenvalue weighted by atomic mass is 10.1. The zero-order valence-electron chi connectivity index (χ0n) is 7.35. The lowest BCUT2D eigenvalue weighted by Crippen LogP contribution is -1.95. The number of allylic oxidation sites excluding steroid dienone is 3. The molecule has 1 heteroatoms. The van der Waals surface area contributed by atoms with Gasteiger partial charge in [0.2, 0.25) is 0 Å². The number of hydrogen-bond acceptors (Lipinski definition) is 1. The smallest absolute Gasteiger partial charge is 0.0343 e. The van der Waals surface area contributed by atoms with Crippen LogP contribution in [0.1, 0.15) is 13.3 Å². The summed E-state index contributed by atoms with van der Waals surface area (Å²) in [7, 11) is 1.76. The highest BCUT2D eigenvalue weighted by atomic mass is 14.7. The first-order valence-corrected chi connectivity index (χ1v) is 3.53. The van der Waals surface area contributed by atoms with E-state index in [4.69, 9.17) is 0 Å². The summed E-state index contributed by atoms with van der Waals surface area (Å²) in [6.07, 6.45) is 2.51. The van der Waals surface area contributed by atoms with E-state index in [0.29, 0.717) is 0 Å². The molecule has 11 heavy (non-hydrogen) atoms. The summed E-state index contributed by atoms with van der Waals surface area (Å²) in [6, 6.07) is 0. The van der Waals surface area contributed by atoms with Crippen LogP contribution in [0, 0.1) is 0 Å². The van der Waals surface area contributed by atoms with E-state index in [1.54, 1.807) is 13.1 Å². The Kier molecular flexibility index (Phi) is 4.20. The van der Waals surface area contributed by atoms with E-state index in [2.05, 4.69) is 24.7 Å². The molecule has 0 aromatic rings. The molecule has 0 aliphatic carbocycles. The lowest BCUT2D eigenvalue weighted by Gasteiger charge is -2.03. The largest absolute Gasteiger partial charge is 0.293 e. The van der Waals surface area contributed by atoms with E-state index in [9.17, 15) is 0 Å². The van der Waals surface area contributed by atoms with Gasteiger partial charge in [0.15, 0.2) is 0 Å². The topological polar surface area (TPSA) is 12.4 Å². The summed E-state index contributed by atoms with van der Waals surface area (Å²) in [4.78, 5) is 4.02. The Morgan fingerprint density at radius 2 is 2.00 bits per heavy atom. The van der Waals surface area contributed by atoms with Crippen LogP contribution < -0.4 is 0 Å². The summed E-state index contributed by atoms with van der Waals surface area (Å²) in [5.41, 5.74) is 2.98. The van der Waals surface area contributed by atoms with Crippen molar-refractivity contribution in [2.75, 3.05) is 7.05 Å². The highest BCUT2D eigenvalue weighted by molar-refractivity contribution is 5.97. The molecule has 0 atom stereocenters. The number of rotatable bonds is 4. The molecular formula is C10H15N. The van der Waals surface area contributed by atoms with E-state index in [0.717, 1.165) is 23.3 Å². The molecular weight excluding hydrogens is 134 g/mol. The van der Waals surface area contributed by atoms with Crippen LogP contribution in [0.4, 0.5) is 0 Å². The van der Waals surface area contributed by atoms with E-state index in [-0.39, 0.29) is 0 Å². The van der Waals surface area contributed by atoms with Crippen molar-refractivity contribution < 1.29 is 0 Å². The van der Waals surface area contributed by atoms with Crippen molar-refractivity contribution in [1.82, 2.24) is 0 Å². The van der Waals surface area contributed by atoms with Gasteiger partial charge in [-0.25, -0.2) is 0 Å². The van der Waals surface area contributed by atoms with E-state index in [1.807, 2.05) is 6.92 Å². The molecule has 0 fully saturated rings. The quantitative estimate of drug-likeness (QED) is 0.430. The minimum absolute atomic E-state index is 0.771. The molecule has 0 rings (SSSR count). The second-order valence-corrected chi connectivity index (χ2v) is 2.45. The Labute approximate surface area is 68.9 Å². The Morgan fingerprint density at radius 1 is 1.45 bits per heavy atom. The molecule has 0 saturated carbocycles. The molecule has 0 saturated heterocycles. The Hall–Kier alpha value is -1.11. The molecule has 60 valence electrons. The van der Waals surface area contributed by atoms with Crippen LogP contribution in [0.25, 0.3) is 0 Å². The highest BCUT2D eigenvalue weighted by Crippen LogP contribution is 2.09. The van der Waals surface area contributed by atoms with Gasteiger partial charge in [-0.15, -0.1) is 0 Å². The number of nitrogens with zero attached hydrogens (tertiary/aromatic N) is 1. The van der Waals surface area contributed by atoms with E-state index in [1.165, 1.54) is 0 Å². The van der Waals surface area contributed by atoms with Gasteiger partial charge in [-0.1, -0.05) is 31.4 Å². The molecule has 0 spiro atoms. The minimum atomic E-state index is 0.771. The molecule has 0 heterocycles. The number of aliphatic imine (C=N–C) groups is 1. The monoisotopic (exact) mass is 149 g/mol. The third-order valence-electron chi connectivity index (χ3n) is 1.58. The van der Waals surface area contributed by atoms with Gasteiger partial charge in [-0.2, -0.15) is 0 Å². The van der Waals surface area contributed by atoms with Crippen molar-refractivity contribution in [2.24, 2.45) is 4.99 Å². The van der Waals surface area contributed by atoms with Crippen LogP contribution in [0.3, 0.4) is 0 Å². The fraction of sp³-hybridized carbons (Fsp3) is 0.300. The SMILES string of the molecule is C=CC(=C)CC(=C)/C(C)=N\C. The molecule has 0 aliphatic heterocycles. The maximum atomic E-state index is 4.02. The first kappa shape index (κ1) is 9.89. The van der Waals surface area contributed by atoms with Crippen molar-refractivity contribution in [1.29, 1.82) is 0 Å². The molecule has 0 unspecified atom stereocenters. The van der Waals surface area contributed by atoms with Gasteiger partial charge in [0.25, 0.3) is 0 Å². The summed E-state index contributed by atoms with van der Waals surface area (Å²) >= 11 is 0. The van der Waals surface area contributed by atoms with Crippen molar-refractivity contribution in [2.45, 2.75) is 13.3 Å². The van der Waals surface area contributed by atoms with Crippen molar-refractivity contribution in [3.8, 4) is 0 Å². The molecule has 0 bridgehead atoms. The zero-order valence-corrected chi connectivity index (χ0v) is 7.35. The molecule has 0 radical (unpaired) electrons. The van der Waals surface area contributed by atoms with Crippen LogP contribution in [0.2, 0.25) is 0 Å². The first-order chi connectivity index (χ1) is 5.11. The van der Waals surface area contributed by atoms with Crippen molar-refractivity contribution in [3.05, 3.63) is 37.0 Å². The van der Waals surface area contributed by atoms with E-state index >= 15 is 0 Å². The molecule has 0 aliphatic rings. The summed E-state index contributed by atoms with van der Waals surface area (Å²) < 4.78 is 0. The maximum Gasteiger partial charge on any atom is 0.0343 e. The fourth-order valence-corrected chi connectivity index (χ4v) is 0.632. The lowest BCUT2D eigenvalue weighted by molar-refractivity contribution is 1.23. The minimum Gasteiger partial charge on any atom is -0.293 e. The average Bonchev–Trinajstić information content (AvgIpc) is 2.02. The summed E-state index contributed by atoms with van der Waals surface area (Å²) in [5, 5.41) is 0. The Bertz CT molecular complexity index is 209. The predicted octanol–water partition coefficient (Wildman–Crippen LogP) is 2.77. The molecule has 0 amide bonds. The predicted molar refractivity (Wildman–Crippen MR) is 52.1 cm³/mol. The summed E-state index contributed by atoms with van der Waals surface area (Å²) in [6.45, 7) is 13.2. The second-order valence-electron chi connectivity index (χ2n) is 2.45. The van der Waals surface area contributed by atoms with Crippen LogP contribution in [-0.2, 0) is 0 Å². The Morgan fingerprint density at radius 3 is 2.36 bits per heavy atom. The third-order valence-corrected chi connectivity index (χ3v) is 1.58. The molecule has 0 aromatic heterocycles. The van der Waals surface area contributed by atoms with Crippen LogP contribution in [-0.4, -0.2) is 12.8 Å². The normalized spacial score (nSPS) is 10.9. The van der Waals surface area contributed by atoms with Crippen molar-refractivity contribution >= 4 is 5.71 Å². The molecule has 0 aromatic carbocycles. The van der Waals surface area contributed by atoms with Gasteiger partial charge in [-0.3, -0.25) is 4.99 Å². The first-order valence-electron chi connectivity index (χ1n) is 3.53. The number of hydrogen-bond donors (Lipinski definition) is 0. The van der Waals surface area contributed by atoms with Crippen LogP contribution >= 0.6 is 0 Å². The fourth-order valence-electron chi connectivity index (χ4n) is 0.632. The maximum absolute atomic E-state index is 4.02. The van der Waals surface area contributed by atoms with Gasteiger partial charge in [0.05, 0.1) is 0 Å². The van der Waals surface area contributed by atoms with Gasteiger partial charge in [-0.05, 0) is 18.9 Å². The average molecular weight is 149 g/mol. The second kappa shape index (κ2) is 4.67. The van der Waals surface area contributed by atoms with Gasteiger partial charge in [0.1, 0.15) is 0 Å².